The first kappa shape index (κ1) is 17.6. The predicted molar refractivity (Wildman–Crippen MR) is 94.9 cm³/mol. The fourth-order valence-electron chi connectivity index (χ4n) is 2.00. The number of nitrogens with one attached hydrogen (secondary N) is 1. The van der Waals surface area contributed by atoms with Crippen LogP contribution >= 0.6 is 11.6 Å². The van der Waals surface area contributed by atoms with Gasteiger partial charge in [-0.1, -0.05) is 11.6 Å². The number of primary amides is 1. The molecule has 7 heteroatoms. The molecule has 126 valence electrons. The summed E-state index contributed by atoms with van der Waals surface area (Å²) in [4.78, 5) is 25.3. The van der Waals surface area contributed by atoms with Crippen LogP contribution in [0.2, 0.25) is 5.02 Å². The molecule has 6 nitrogen and oxygen atoms in total. The third-order valence-corrected chi connectivity index (χ3v) is 3.47. The van der Waals surface area contributed by atoms with E-state index in [1.807, 2.05) is 31.1 Å². The Kier molecular flexibility index (Phi) is 5.65. The molecule has 0 aliphatic heterocycles. The molecule has 0 spiro atoms. The Morgan fingerprint density at radius 1 is 1.17 bits per heavy atom. The van der Waals surface area contributed by atoms with Gasteiger partial charge in [-0.05, 0) is 42.5 Å². The van der Waals surface area contributed by atoms with Crippen LogP contribution in [0.3, 0.4) is 0 Å². The minimum absolute atomic E-state index is 0.130. The molecule has 0 aliphatic rings. The topological polar surface area (TPSA) is 84.7 Å². The van der Waals surface area contributed by atoms with Crippen LogP contribution in [0.1, 0.15) is 10.4 Å². The van der Waals surface area contributed by atoms with E-state index in [2.05, 4.69) is 5.32 Å². The van der Waals surface area contributed by atoms with Crippen molar-refractivity contribution in [3.8, 4) is 5.75 Å². The minimum Gasteiger partial charge on any atom is -0.483 e. The molecule has 2 aromatic carbocycles. The van der Waals surface area contributed by atoms with E-state index in [9.17, 15) is 9.59 Å². The van der Waals surface area contributed by atoms with Crippen molar-refractivity contribution in [1.82, 2.24) is 0 Å². The Morgan fingerprint density at radius 3 is 2.42 bits per heavy atom. The maximum atomic E-state index is 12.0. The van der Waals surface area contributed by atoms with Crippen LogP contribution in [0.25, 0.3) is 0 Å². The SMILES string of the molecule is CN(C)c1ccc(NC(=O)COc2ccc(Cl)cc2C(N)=O)cc1. The molecule has 0 bridgehead atoms. The smallest absolute Gasteiger partial charge is 0.262 e. The molecule has 0 heterocycles. The van der Waals surface area contributed by atoms with Crippen LogP contribution in [0, 0.1) is 0 Å². The lowest BCUT2D eigenvalue weighted by Gasteiger charge is -2.13. The van der Waals surface area contributed by atoms with Crippen molar-refractivity contribution in [1.29, 1.82) is 0 Å². The summed E-state index contributed by atoms with van der Waals surface area (Å²) in [5.74, 6) is -0.810. The molecule has 0 aliphatic carbocycles. The largest absolute Gasteiger partial charge is 0.483 e. The van der Waals surface area contributed by atoms with Gasteiger partial charge < -0.3 is 20.7 Å². The molecule has 0 atom stereocenters. The first-order valence-electron chi connectivity index (χ1n) is 7.16. The number of hydrogen-bond acceptors (Lipinski definition) is 4. The Labute approximate surface area is 145 Å². The summed E-state index contributed by atoms with van der Waals surface area (Å²) in [6.07, 6.45) is 0. The van der Waals surface area contributed by atoms with Gasteiger partial charge in [0.2, 0.25) is 0 Å². The number of amides is 2. The van der Waals surface area contributed by atoms with Crippen LogP contribution in [0.4, 0.5) is 11.4 Å². The van der Waals surface area contributed by atoms with E-state index in [1.54, 1.807) is 18.2 Å². The van der Waals surface area contributed by atoms with E-state index >= 15 is 0 Å². The number of nitrogens with two attached hydrogens (primary N) is 1. The van der Waals surface area contributed by atoms with E-state index < -0.39 is 5.91 Å². The number of nitrogens with zero attached hydrogens (tertiary/aromatic N) is 1. The Bertz CT molecular complexity index is 745. The Hall–Kier alpha value is -2.73. The number of halogens is 1. The van der Waals surface area contributed by atoms with E-state index in [-0.39, 0.29) is 23.8 Å². The summed E-state index contributed by atoms with van der Waals surface area (Å²) < 4.78 is 5.37. The number of carbonyl (C=O) groups excluding carboxylic acids is 2. The van der Waals surface area contributed by atoms with Gasteiger partial charge in [-0.2, -0.15) is 0 Å². The van der Waals surface area contributed by atoms with Crippen LogP contribution in [0.15, 0.2) is 42.5 Å². The van der Waals surface area contributed by atoms with Gasteiger partial charge in [0.1, 0.15) is 5.75 Å². The Balaban J connectivity index is 1.97. The molecule has 2 aromatic rings. The standard InChI is InChI=1S/C17H18ClN3O3/c1-21(2)13-6-4-12(5-7-13)20-16(22)10-24-15-8-3-11(18)9-14(15)17(19)23/h3-9H,10H2,1-2H3,(H2,19,23)(H,20,22). The molecule has 2 amide bonds. The minimum atomic E-state index is -0.674. The van der Waals surface area contributed by atoms with Gasteiger partial charge in [0, 0.05) is 30.5 Å². The van der Waals surface area contributed by atoms with Gasteiger partial charge in [0.25, 0.3) is 11.8 Å². The average Bonchev–Trinajstić information content (AvgIpc) is 2.54. The van der Waals surface area contributed by atoms with Gasteiger partial charge in [0.15, 0.2) is 6.61 Å². The summed E-state index contributed by atoms with van der Waals surface area (Å²) in [5, 5.41) is 3.08. The van der Waals surface area contributed by atoms with Crippen molar-refractivity contribution >= 4 is 34.8 Å². The predicted octanol–water partition coefficient (Wildman–Crippen LogP) is 2.52. The summed E-state index contributed by atoms with van der Waals surface area (Å²) in [5.41, 5.74) is 7.08. The molecule has 0 saturated carbocycles. The zero-order valence-corrected chi connectivity index (χ0v) is 14.1. The van der Waals surface area contributed by atoms with Crippen molar-refractivity contribution in [2.75, 3.05) is 30.9 Å². The molecule has 3 N–H and O–H groups in total. The van der Waals surface area contributed by atoms with Gasteiger partial charge in [-0.25, -0.2) is 0 Å². The fourth-order valence-corrected chi connectivity index (χ4v) is 2.18. The van der Waals surface area contributed by atoms with Crippen LogP contribution < -0.4 is 20.7 Å². The lowest BCUT2D eigenvalue weighted by Crippen LogP contribution is -2.21. The zero-order chi connectivity index (χ0) is 17.7. The highest BCUT2D eigenvalue weighted by Crippen LogP contribution is 2.22. The normalized spacial score (nSPS) is 10.1. The summed E-state index contributed by atoms with van der Waals surface area (Å²) in [6, 6.07) is 11.8. The van der Waals surface area contributed by atoms with Crippen LogP contribution in [-0.2, 0) is 4.79 Å². The highest BCUT2D eigenvalue weighted by molar-refractivity contribution is 6.31. The second-order valence-electron chi connectivity index (χ2n) is 5.28. The second-order valence-corrected chi connectivity index (χ2v) is 5.72. The van der Waals surface area contributed by atoms with E-state index in [0.29, 0.717) is 10.7 Å². The Morgan fingerprint density at radius 2 is 1.83 bits per heavy atom. The van der Waals surface area contributed by atoms with Crippen molar-refractivity contribution in [3.05, 3.63) is 53.1 Å². The van der Waals surface area contributed by atoms with Crippen molar-refractivity contribution in [3.63, 3.8) is 0 Å². The monoisotopic (exact) mass is 347 g/mol. The average molecular weight is 348 g/mol. The zero-order valence-electron chi connectivity index (χ0n) is 13.4. The third kappa shape index (κ3) is 4.63. The molecule has 2 rings (SSSR count). The highest BCUT2D eigenvalue weighted by Gasteiger charge is 2.12. The molecule has 24 heavy (non-hydrogen) atoms. The second kappa shape index (κ2) is 7.70. The van der Waals surface area contributed by atoms with E-state index in [0.717, 1.165) is 5.69 Å². The van der Waals surface area contributed by atoms with E-state index in [4.69, 9.17) is 22.1 Å². The number of rotatable bonds is 6. The number of carbonyl (C=O) groups is 2. The molecular weight excluding hydrogens is 330 g/mol. The summed E-state index contributed by atoms with van der Waals surface area (Å²) in [7, 11) is 3.87. The van der Waals surface area contributed by atoms with Crippen molar-refractivity contribution in [2.45, 2.75) is 0 Å². The molecule has 0 aromatic heterocycles. The number of ether oxygens (including phenoxy) is 1. The molecule has 0 radical (unpaired) electrons. The number of hydrogen-bond donors (Lipinski definition) is 2. The quantitative estimate of drug-likeness (QED) is 0.841. The lowest BCUT2D eigenvalue weighted by molar-refractivity contribution is -0.118. The maximum Gasteiger partial charge on any atom is 0.262 e. The van der Waals surface area contributed by atoms with Crippen molar-refractivity contribution < 1.29 is 14.3 Å². The van der Waals surface area contributed by atoms with Crippen LogP contribution in [-0.4, -0.2) is 32.5 Å². The highest BCUT2D eigenvalue weighted by atomic mass is 35.5. The summed E-state index contributed by atoms with van der Waals surface area (Å²) in [6.45, 7) is -0.253. The first-order valence-corrected chi connectivity index (χ1v) is 7.54. The van der Waals surface area contributed by atoms with Gasteiger partial charge in [0.05, 0.1) is 5.56 Å². The molecular formula is C17H18ClN3O3. The van der Waals surface area contributed by atoms with Gasteiger partial charge in [-0.15, -0.1) is 0 Å². The van der Waals surface area contributed by atoms with Crippen LogP contribution in [0.5, 0.6) is 5.75 Å². The van der Waals surface area contributed by atoms with Gasteiger partial charge in [-0.3, -0.25) is 9.59 Å². The molecule has 0 unspecified atom stereocenters. The number of anilines is 2. The summed E-state index contributed by atoms with van der Waals surface area (Å²) >= 11 is 5.82. The van der Waals surface area contributed by atoms with Gasteiger partial charge >= 0.3 is 0 Å². The lowest BCUT2D eigenvalue weighted by atomic mass is 10.2. The molecule has 0 saturated heterocycles. The fraction of sp³-hybridized carbons (Fsp3) is 0.176. The molecule has 0 fully saturated rings. The first-order chi connectivity index (χ1) is 11.4. The number of benzene rings is 2. The third-order valence-electron chi connectivity index (χ3n) is 3.23. The van der Waals surface area contributed by atoms with Crippen molar-refractivity contribution in [2.24, 2.45) is 5.73 Å². The van der Waals surface area contributed by atoms with E-state index in [1.165, 1.54) is 12.1 Å². The maximum absolute atomic E-state index is 12.0.